The van der Waals surface area contributed by atoms with Gasteiger partial charge in [0.25, 0.3) is 0 Å². The molecule has 4 nitrogen and oxygen atoms in total. The Hall–Kier alpha value is -2.55. The van der Waals surface area contributed by atoms with E-state index in [4.69, 9.17) is 28.1 Å². The maximum Gasteiger partial charge on any atom is 0.416 e. The molecule has 10 heteroatoms. The standard InChI is InChI=1S/C22H15Cl2F3O4S/c1-12(28)30-31-17-9-5-14(20(23)21(17)24)4-8-16(29)19-11-10-18(32-19)13-2-6-15(7-3-13)22(25,26)27/h2-3,5-7,9-11H,4,8H2,1H3. The van der Waals surface area contributed by atoms with Gasteiger partial charge in [-0.3, -0.25) is 14.6 Å². The molecule has 3 rings (SSSR count). The number of benzene rings is 2. The highest BCUT2D eigenvalue weighted by Gasteiger charge is 2.30. The fourth-order valence-corrected chi connectivity index (χ4v) is 4.22. The van der Waals surface area contributed by atoms with Gasteiger partial charge in [0.1, 0.15) is 5.02 Å². The van der Waals surface area contributed by atoms with Gasteiger partial charge in [-0.15, -0.1) is 11.3 Å². The summed E-state index contributed by atoms with van der Waals surface area (Å²) >= 11 is 13.6. The van der Waals surface area contributed by atoms with Gasteiger partial charge in [0.05, 0.1) is 15.5 Å². The van der Waals surface area contributed by atoms with Gasteiger partial charge in [0, 0.05) is 18.2 Å². The van der Waals surface area contributed by atoms with Crippen molar-refractivity contribution in [3.05, 3.63) is 74.6 Å². The minimum absolute atomic E-state index is 0.0542. The second kappa shape index (κ2) is 9.94. The Morgan fingerprint density at radius 1 is 0.969 bits per heavy atom. The van der Waals surface area contributed by atoms with Crippen LogP contribution in [-0.2, 0) is 22.3 Å². The maximum absolute atomic E-state index is 12.7. The summed E-state index contributed by atoms with van der Waals surface area (Å²) in [5.74, 6) is -0.722. The van der Waals surface area contributed by atoms with Gasteiger partial charge in [-0.1, -0.05) is 41.4 Å². The van der Waals surface area contributed by atoms with Gasteiger partial charge in [-0.05, 0) is 47.9 Å². The summed E-state index contributed by atoms with van der Waals surface area (Å²) in [6, 6.07) is 11.2. The Kier molecular flexibility index (Phi) is 7.48. The average Bonchev–Trinajstić information content (AvgIpc) is 3.23. The Balaban J connectivity index is 1.66. The van der Waals surface area contributed by atoms with Gasteiger partial charge in [-0.2, -0.15) is 13.2 Å². The molecule has 1 heterocycles. The minimum Gasteiger partial charge on any atom is -0.293 e. The average molecular weight is 503 g/mol. The zero-order valence-electron chi connectivity index (χ0n) is 16.5. The van der Waals surface area contributed by atoms with Crippen molar-refractivity contribution in [3.8, 4) is 16.2 Å². The molecule has 0 saturated heterocycles. The second-order valence-electron chi connectivity index (χ2n) is 6.67. The third kappa shape index (κ3) is 5.82. The largest absolute Gasteiger partial charge is 0.416 e. The van der Waals surface area contributed by atoms with E-state index < -0.39 is 17.7 Å². The molecule has 1 aromatic heterocycles. The first kappa shape index (κ1) is 24.1. The third-order valence-corrected chi connectivity index (χ3v) is 6.45. The number of hydrogen-bond donors (Lipinski definition) is 0. The molecule has 168 valence electrons. The molecule has 2 aromatic carbocycles. The first-order valence-corrected chi connectivity index (χ1v) is 10.8. The summed E-state index contributed by atoms with van der Waals surface area (Å²) in [5, 5.41) is 0.235. The normalized spacial score (nSPS) is 11.3. The molecule has 0 unspecified atom stereocenters. The number of Topliss-reactive ketones (excluding diaryl/α,β-unsaturated/α-hetero) is 1. The monoisotopic (exact) mass is 502 g/mol. The van der Waals surface area contributed by atoms with E-state index in [9.17, 15) is 22.8 Å². The van der Waals surface area contributed by atoms with E-state index in [0.29, 0.717) is 27.3 Å². The molecule has 0 aliphatic heterocycles. The predicted octanol–water partition coefficient (Wildman–Crippen LogP) is 7.41. The maximum atomic E-state index is 12.7. The van der Waals surface area contributed by atoms with Crippen molar-refractivity contribution in [3.63, 3.8) is 0 Å². The third-order valence-electron chi connectivity index (χ3n) is 4.37. The van der Waals surface area contributed by atoms with Crippen molar-refractivity contribution >= 4 is 46.3 Å². The van der Waals surface area contributed by atoms with Crippen molar-refractivity contribution in [1.29, 1.82) is 0 Å². The lowest BCUT2D eigenvalue weighted by Crippen LogP contribution is -2.04. The van der Waals surface area contributed by atoms with Crippen molar-refractivity contribution in [2.24, 2.45) is 0 Å². The zero-order chi connectivity index (χ0) is 23.5. The molecule has 0 fully saturated rings. The number of halogens is 5. The van der Waals surface area contributed by atoms with E-state index in [2.05, 4.69) is 4.89 Å². The minimum atomic E-state index is -4.40. The highest BCUT2D eigenvalue weighted by Crippen LogP contribution is 2.36. The smallest absolute Gasteiger partial charge is 0.293 e. The van der Waals surface area contributed by atoms with Crippen molar-refractivity contribution in [2.45, 2.75) is 25.9 Å². The first-order valence-electron chi connectivity index (χ1n) is 9.19. The molecule has 0 N–H and O–H groups in total. The summed E-state index contributed by atoms with van der Waals surface area (Å²) in [5.41, 5.74) is 0.480. The van der Waals surface area contributed by atoms with Crippen LogP contribution in [0.25, 0.3) is 10.4 Å². The molecule has 0 aliphatic rings. The number of ketones is 1. The Bertz CT molecular complexity index is 1140. The molecular formula is C22H15Cl2F3O4S. The summed E-state index contributed by atoms with van der Waals surface area (Å²) in [4.78, 5) is 33.8. The Morgan fingerprint density at radius 2 is 1.66 bits per heavy atom. The number of rotatable bonds is 7. The van der Waals surface area contributed by atoms with Gasteiger partial charge < -0.3 is 0 Å². The molecule has 3 aromatic rings. The van der Waals surface area contributed by atoms with Crippen LogP contribution in [0.3, 0.4) is 0 Å². The quantitative estimate of drug-likeness (QED) is 0.191. The topological polar surface area (TPSA) is 52.6 Å². The number of carbonyl (C=O) groups is 2. The fraction of sp³-hybridized carbons (Fsp3) is 0.182. The van der Waals surface area contributed by atoms with Crippen LogP contribution >= 0.6 is 34.5 Å². The van der Waals surface area contributed by atoms with Crippen LogP contribution in [0, 0.1) is 0 Å². The van der Waals surface area contributed by atoms with Gasteiger partial charge in [-0.25, -0.2) is 4.79 Å². The van der Waals surface area contributed by atoms with E-state index in [1.165, 1.54) is 36.5 Å². The zero-order valence-corrected chi connectivity index (χ0v) is 18.8. The first-order chi connectivity index (χ1) is 15.1. The summed E-state index contributed by atoms with van der Waals surface area (Å²) in [6.07, 6.45) is -3.95. The molecule has 0 bridgehead atoms. The van der Waals surface area contributed by atoms with Gasteiger partial charge in [0.15, 0.2) is 11.5 Å². The van der Waals surface area contributed by atoms with Crippen LogP contribution in [0.5, 0.6) is 5.75 Å². The summed E-state index contributed by atoms with van der Waals surface area (Å²) in [6.45, 7) is 1.17. The number of carbonyl (C=O) groups excluding carboxylic acids is 2. The number of alkyl halides is 3. The van der Waals surface area contributed by atoms with E-state index >= 15 is 0 Å². The Morgan fingerprint density at radius 3 is 2.28 bits per heavy atom. The van der Waals surface area contributed by atoms with Gasteiger partial charge >= 0.3 is 12.1 Å². The van der Waals surface area contributed by atoms with Gasteiger partial charge in [0.2, 0.25) is 0 Å². The van der Waals surface area contributed by atoms with Crippen LogP contribution in [0.1, 0.15) is 34.1 Å². The lowest BCUT2D eigenvalue weighted by Gasteiger charge is -2.09. The predicted molar refractivity (Wildman–Crippen MR) is 116 cm³/mol. The van der Waals surface area contributed by atoms with Crippen LogP contribution in [-0.4, -0.2) is 11.8 Å². The molecular weight excluding hydrogens is 488 g/mol. The second-order valence-corrected chi connectivity index (χ2v) is 8.51. The van der Waals surface area contributed by atoms with Crippen molar-refractivity contribution < 1.29 is 32.5 Å². The Labute approximate surface area is 195 Å². The lowest BCUT2D eigenvalue weighted by molar-refractivity contribution is -0.210. The van der Waals surface area contributed by atoms with Crippen molar-refractivity contribution in [2.75, 3.05) is 0 Å². The summed E-state index contributed by atoms with van der Waals surface area (Å²) in [7, 11) is 0. The SMILES string of the molecule is CC(=O)OOc1ccc(CCC(=O)c2ccc(-c3ccc(C(F)(F)F)cc3)s2)c(Cl)c1Cl. The highest BCUT2D eigenvalue weighted by atomic mass is 35.5. The van der Waals surface area contributed by atoms with Crippen LogP contribution in [0.4, 0.5) is 13.2 Å². The van der Waals surface area contributed by atoms with Crippen LogP contribution < -0.4 is 4.89 Å². The van der Waals surface area contributed by atoms with E-state index in [0.717, 1.165) is 12.1 Å². The molecule has 0 atom stereocenters. The molecule has 32 heavy (non-hydrogen) atoms. The van der Waals surface area contributed by atoms with Crippen molar-refractivity contribution in [1.82, 2.24) is 0 Å². The van der Waals surface area contributed by atoms with Crippen LogP contribution in [0.2, 0.25) is 10.0 Å². The molecule has 0 aliphatic carbocycles. The fourth-order valence-electron chi connectivity index (χ4n) is 2.77. The molecule has 0 spiro atoms. The molecule has 0 amide bonds. The summed E-state index contributed by atoms with van der Waals surface area (Å²) < 4.78 is 38.1. The molecule has 0 radical (unpaired) electrons. The van der Waals surface area contributed by atoms with E-state index in [-0.39, 0.29) is 28.0 Å². The van der Waals surface area contributed by atoms with E-state index in [1.807, 2.05) is 0 Å². The number of thiophene rings is 1. The van der Waals surface area contributed by atoms with E-state index in [1.54, 1.807) is 18.2 Å². The number of hydrogen-bond acceptors (Lipinski definition) is 5. The number of aryl methyl sites for hydroxylation is 1. The molecule has 0 saturated carbocycles. The highest BCUT2D eigenvalue weighted by molar-refractivity contribution is 7.17. The van der Waals surface area contributed by atoms with Crippen LogP contribution in [0.15, 0.2) is 48.5 Å². The lowest BCUT2D eigenvalue weighted by atomic mass is 10.1.